The zero-order valence-corrected chi connectivity index (χ0v) is 9.04. The predicted molar refractivity (Wildman–Crippen MR) is 60.8 cm³/mol. The van der Waals surface area contributed by atoms with E-state index in [0.29, 0.717) is 5.56 Å². The lowest BCUT2D eigenvalue weighted by atomic mass is 10.1. The number of carbonyl (C=O) groups excluding carboxylic acids is 1. The highest BCUT2D eigenvalue weighted by Gasteiger charge is 2.10. The van der Waals surface area contributed by atoms with Crippen molar-refractivity contribution in [2.24, 2.45) is 5.73 Å². The molecule has 0 fully saturated rings. The van der Waals surface area contributed by atoms with Crippen LogP contribution in [0.15, 0.2) is 30.5 Å². The third-order valence-corrected chi connectivity index (χ3v) is 3.03. The first-order valence-electron chi connectivity index (χ1n) is 4.50. The van der Waals surface area contributed by atoms with Crippen molar-refractivity contribution >= 4 is 17.2 Å². The average Bonchev–Trinajstić information content (AvgIpc) is 2.65. The van der Waals surface area contributed by atoms with E-state index in [2.05, 4.69) is 4.98 Å². The molecule has 0 spiro atoms. The van der Waals surface area contributed by atoms with E-state index in [1.807, 2.05) is 19.1 Å². The van der Waals surface area contributed by atoms with E-state index in [1.165, 1.54) is 0 Å². The Balaban J connectivity index is 2.57. The number of rotatable bonds is 2. The van der Waals surface area contributed by atoms with Crippen LogP contribution in [0.5, 0.6) is 0 Å². The molecule has 0 saturated carbocycles. The van der Waals surface area contributed by atoms with Crippen LogP contribution in [0.3, 0.4) is 0 Å². The maximum atomic E-state index is 11.2. The minimum atomic E-state index is -0.406. The molecule has 0 aliphatic rings. The predicted octanol–water partition coefficient (Wildman–Crippen LogP) is 2.22. The van der Waals surface area contributed by atoms with Gasteiger partial charge in [-0.05, 0) is 13.0 Å². The lowest BCUT2D eigenvalue weighted by Gasteiger charge is -2.02. The first-order valence-corrected chi connectivity index (χ1v) is 5.32. The third kappa shape index (κ3) is 1.89. The minimum absolute atomic E-state index is 0.406. The van der Waals surface area contributed by atoms with Gasteiger partial charge in [-0.3, -0.25) is 4.79 Å². The van der Waals surface area contributed by atoms with Gasteiger partial charge in [0.2, 0.25) is 5.91 Å². The van der Waals surface area contributed by atoms with Gasteiger partial charge in [0.25, 0.3) is 0 Å². The van der Waals surface area contributed by atoms with E-state index < -0.39 is 5.91 Å². The largest absolute Gasteiger partial charge is 0.366 e. The van der Waals surface area contributed by atoms with E-state index in [4.69, 9.17) is 5.73 Å². The third-order valence-electron chi connectivity index (χ3n) is 2.08. The molecular weight excluding hydrogens is 208 g/mol. The van der Waals surface area contributed by atoms with E-state index in [-0.39, 0.29) is 0 Å². The van der Waals surface area contributed by atoms with Crippen LogP contribution in [0, 0.1) is 6.92 Å². The monoisotopic (exact) mass is 218 g/mol. The van der Waals surface area contributed by atoms with Crippen LogP contribution in [-0.4, -0.2) is 10.9 Å². The summed E-state index contributed by atoms with van der Waals surface area (Å²) in [6.45, 7) is 1.93. The first kappa shape index (κ1) is 9.86. The molecule has 2 N–H and O–H groups in total. The number of hydrogen-bond acceptors (Lipinski definition) is 3. The molecule has 0 bridgehead atoms. The molecule has 3 nitrogen and oxygen atoms in total. The Bertz CT molecular complexity index is 505. The molecule has 1 aromatic carbocycles. The molecule has 0 radical (unpaired) electrons. The average molecular weight is 218 g/mol. The van der Waals surface area contributed by atoms with Gasteiger partial charge in [-0.1, -0.05) is 18.2 Å². The number of hydrogen-bond donors (Lipinski definition) is 1. The molecule has 0 aliphatic heterocycles. The number of amides is 1. The van der Waals surface area contributed by atoms with E-state index in [1.54, 1.807) is 29.7 Å². The Kier molecular flexibility index (Phi) is 2.51. The van der Waals surface area contributed by atoms with Crippen molar-refractivity contribution in [3.63, 3.8) is 0 Å². The quantitative estimate of drug-likeness (QED) is 0.840. The second-order valence-electron chi connectivity index (χ2n) is 3.15. The molecule has 1 heterocycles. The smallest absolute Gasteiger partial charge is 0.249 e. The summed E-state index contributed by atoms with van der Waals surface area (Å²) in [6.07, 6.45) is 1.77. The van der Waals surface area contributed by atoms with Crippen LogP contribution in [0.4, 0.5) is 0 Å². The van der Waals surface area contributed by atoms with Crippen LogP contribution in [0.25, 0.3) is 10.4 Å². The Morgan fingerprint density at radius 2 is 2.13 bits per heavy atom. The van der Waals surface area contributed by atoms with Crippen LogP contribution in [0.2, 0.25) is 0 Å². The van der Waals surface area contributed by atoms with Crippen LogP contribution >= 0.6 is 11.3 Å². The molecule has 0 aliphatic carbocycles. The van der Waals surface area contributed by atoms with Gasteiger partial charge < -0.3 is 5.73 Å². The zero-order chi connectivity index (χ0) is 10.8. The molecule has 0 saturated heterocycles. The van der Waals surface area contributed by atoms with E-state index in [9.17, 15) is 4.79 Å². The van der Waals surface area contributed by atoms with Gasteiger partial charge in [0, 0.05) is 17.3 Å². The number of benzene rings is 1. The number of aryl methyl sites for hydroxylation is 1. The highest BCUT2D eigenvalue weighted by molar-refractivity contribution is 7.15. The fourth-order valence-electron chi connectivity index (χ4n) is 1.40. The highest BCUT2D eigenvalue weighted by atomic mass is 32.1. The Labute approximate surface area is 91.6 Å². The lowest BCUT2D eigenvalue weighted by molar-refractivity contribution is 0.100. The molecule has 2 rings (SSSR count). The van der Waals surface area contributed by atoms with Gasteiger partial charge in [0.1, 0.15) is 0 Å². The number of primary amides is 1. The van der Waals surface area contributed by atoms with E-state index in [0.717, 1.165) is 15.4 Å². The molecule has 0 unspecified atom stereocenters. The van der Waals surface area contributed by atoms with E-state index >= 15 is 0 Å². The summed E-state index contributed by atoms with van der Waals surface area (Å²) in [5.74, 6) is -0.406. The van der Waals surface area contributed by atoms with Crippen molar-refractivity contribution in [1.29, 1.82) is 0 Å². The lowest BCUT2D eigenvalue weighted by Crippen LogP contribution is -2.11. The standard InChI is InChI=1S/C11H10N2OS/c1-7-13-6-10(15-7)8-4-2-3-5-9(8)11(12)14/h2-6H,1H3,(H2,12,14). The van der Waals surface area contributed by atoms with Crippen LogP contribution in [0.1, 0.15) is 15.4 Å². The summed E-state index contributed by atoms with van der Waals surface area (Å²) < 4.78 is 0. The van der Waals surface area contributed by atoms with Gasteiger partial charge in [0.15, 0.2) is 0 Å². The number of nitrogens with zero attached hydrogens (tertiary/aromatic N) is 1. The SMILES string of the molecule is Cc1ncc(-c2ccccc2C(N)=O)s1. The maximum Gasteiger partial charge on any atom is 0.249 e. The van der Waals surface area contributed by atoms with Crippen molar-refractivity contribution in [1.82, 2.24) is 4.98 Å². The zero-order valence-electron chi connectivity index (χ0n) is 8.23. The summed E-state index contributed by atoms with van der Waals surface area (Å²) >= 11 is 1.55. The second-order valence-corrected chi connectivity index (χ2v) is 4.39. The maximum absolute atomic E-state index is 11.2. The minimum Gasteiger partial charge on any atom is -0.366 e. The Hall–Kier alpha value is -1.68. The molecule has 4 heteroatoms. The Morgan fingerprint density at radius 3 is 2.73 bits per heavy atom. The summed E-state index contributed by atoms with van der Waals surface area (Å²) in [7, 11) is 0. The number of nitrogens with two attached hydrogens (primary N) is 1. The normalized spacial score (nSPS) is 10.2. The van der Waals surface area contributed by atoms with Gasteiger partial charge in [-0.25, -0.2) is 4.98 Å². The number of aromatic nitrogens is 1. The molecule has 76 valence electrons. The van der Waals surface area contributed by atoms with Crippen LogP contribution in [-0.2, 0) is 0 Å². The van der Waals surface area contributed by atoms with Gasteiger partial charge >= 0.3 is 0 Å². The molecule has 0 atom stereocenters. The molecule has 1 aromatic heterocycles. The van der Waals surface area contributed by atoms with Crippen molar-refractivity contribution in [3.8, 4) is 10.4 Å². The van der Waals surface area contributed by atoms with Crippen molar-refractivity contribution in [2.75, 3.05) is 0 Å². The molecule has 1 amide bonds. The van der Waals surface area contributed by atoms with Crippen molar-refractivity contribution in [3.05, 3.63) is 41.0 Å². The summed E-state index contributed by atoms with van der Waals surface area (Å²) in [5, 5.41) is 0.976. The molecule has 2 aromatic rings. The summed E-state index contributed by atoms with van der Waals surface area (Å²) in [4.78, 5) is 16.3. The number of carbonyl (C=O) groups is 1. The molecular formula is C11H10N2OS. The number of thiazole rings is 1. The topological polar surface area (TPSA) is 56.0 Å². The second kappa shape index (κ2) is 3.82. The summed E-state index contributed by atoms with van der Waals surface area (Å²) in [5.41, 5.74) is 6.70. The highest BCUT2D eigenvalue weighted by Crippen LogP contribution is 2.28. The summed E-state index contributed by atoms with van der Waals surface area (Å²) in [6, 6.07) is 7.30. The van der Waals surface area contributed by atoms with Crippen LogP contribution < -0.4 is 5.73 Å². The molecule has 15 heavy (non-hydrogen) atoms. The van der Waals surface area contributed by atoms with Crippen molar-refractivity contribution < 1.29 is 4.79 Å². The van der Waals surface area contributed by atoms with Gasteiger partial charge in [-0.2, -0.15) is 0 Å². The van der Waals surface area contributed by atoms with Gasteiger partial charge in [-0.15, -0.1) is 11.3 Å². The Morgan fingerprint density at radius 1 is 1.40 bits per heavy atom. The fourth-order valence-corrected chi connectivity index (χ4v) is 2.22. The fraction of sp³-hybridized carbons (Fsp3) is 0.0909. The van der Waals surface area contributed by atoms with Crippen molar-refractivity contribution in [2.45, 2.75) is 6.92 Å². The van der Waals surface area contributed by atoms with Gasteiger partial charge in [0.05, 0.1) is 9.88 Å². The first-order chi connectivity index (χ1) is 7.18.